The summed E-state index contributed by atoms with van der Waals surface area (Å²) < 4.78 is 15.8. The van der Waals surface area contributed by atoms with Crippen LogP contribution < -0.4 is 9.47 Å². The van der Waals surface area contributed by atoms with Crippen molar-refractivity contribution < 1.29 is 9.47 Å². The van der Waals surface area contributed by atoms with Gasteiger partial charge in [-0.05, 0) is 65.7 Å². The van der Waals surface area contributed by atoms with Crippen LogP contribution >= 0.6 is 0 Å². The Hall–Kier alpha value is -6.98. The van der Waals surface area contributed by atoms with Crippen molar-refractivity contribution in [2.24, 2.45) is 0 Å². The molecule has 0 amide bonds. The van der Waals surface area contributed by atoms with E-state index in [1.54, 1.807) is 6.20 Å². The summed E-state index contributed by atoms with van der Waals surface area (Å²) in [5.41, 5.74) is 7.67. The maximum absolute atomic E-state index is 7.08. The van der Waals surface area contributed by atoms with Crippen LogP contribution in [-0.4, -0.2) is 14.5 Å². The van der Waals surface area contributed by atoms with Crippen LogP contribution in [0.15, 0.2) is 188 Å². The zero-order valence-electron chi connectivity index (χ0n) is 28.1. The molecule has 0 unspecified atom stereocenters. The van der Waals surface area contributed by atoms with Crippen LogP contribution in [0.5, 0.6) is 23.0 Å². The highest BCUT2D eigenvalue weighted by molar-refractivity contribution is 6.12. The summed E-state index contributed by atoms with van der Waals surface area (Å²) in [5, 5.41) is 2.14. The van der Waals surface area contributed by atoms with E-state index in [1.807, 2.05) is 79.0 Å². The van der Waals surface area contributed by atoms with Crippen LogP contribution in [0.25, 0.3) is 38.9 Å². The largest absolute Gasteiger partial charge is 0.457 e. The van der Waals surface area contributed by atoms with Crippen LogP contribution in [0.1, 0.15) is 22.3 Å². The van der Waals surface area contributed by atoms with E-state index in [2.05, 4.69) is 113 Å². The van der Waals surface area contributed by atoms with Crippen molar-refractivity contribution in [3.8, 4) is 40.1 Å². The van der Waals surface area contributed by atoms with Crippen molar-refractivity contribution in [1.29, 1.82) is 0 Å². The predicted octanol–water partition coefficient (Wildman–Crippen LogP) is 11.5. The van der Waals surface area contributed by atoms with Crippen LogP contribution in [0, 0.1) is 0 Å². The first-order chi connectivity index (χ1) is 25.8. The molecule has 0 saturated heterocycles. The number of hydrogen-bond acceptors (Lipinski definition) is 4. The molecule has 5 nitrogen and oxygen atoms in total. The summed E-state index contributed by atoms with van der Waals surface area (Å²) in [7, 11) is 0. The quantitative estimate of drug-likeness (QED) is 0.177. The molecule has 3 aromatic heterocycles. The maximum Gasteiger partial charge on any atom is 0.156 e. The molecule has 1 aliphatic rings. The molecule has 0 N–H and O–H groups in total. The number of pyridine rings is 2. The van der Waals surface area contributed by atoms with Gasteiger partial charge in [-0.25, -0.2) is 4.98 Å². The molecule has 0 spiro atoms. The predicted molar refractivity (Wildman–Crippen MR) is 207 cm³/mol. The number of ether oxygens (including phenoxy) is 2. The molecule has 0 bridgehead atoms. The number of fused-ring (bicyclic) bond motifs is 6. The summed E-state index contributed by atoms with van der Waals surface area (Å²) in [4.78, 5) is 9.41. The van der Waals surface area contributed by atoms with E-state index in [1.165, 1.54) is 11.1 Å². The minimum Gasteiger partial charge on any atom is -0.457 e. The second-order valence-electron chi connectivity index (χ2n) is 13.0. The smallest absolute Gasteiger partial charge is 0.156 e. The molecule has 9 aromatic rings. The number of aromatic nitrogens is 3. The lowest BCUT2D eigenvalue weighted by Gasteiger charge is -2.41. The van der Waals surface area contributed by atoms with Gasteiger partial charge in [-0.3, -0.25) is 9.55 Å². The van der Waals surface area contributed by atoms with Crippen LogP contribution in [0.2, 0.25) is 0 Å². The van der Waals surface area contributed by atoms with Gasteiger partial charge in [-0.2, -0.15) is 0 Å². The normalized spacial score (nSPS) is 12.9. The topological polar surface area (TPSA) is 49.2 Å². The van der Waals surface area contributed by atoms with Crippen molar-refractivity contribution in [3.05, 3.63) is 211 Å². The first-order valence-corrected chi connectivity index (χ1v) is 17.4. The number of hydrogen-bond donors (Lipinski definition) is 0. The minimum atomic E-state index is -0.640. The lowest BCUT2D eigenvalue weighted by molar-refractivity contribution is 0.438. The van der Waals surface area contributed by atoms with Gasteiger partial charge in [0.1, 0.15) is 23.1 Å². The number of rotatable bonds is 6. The number of benzene rings is 6. The SMILES string of the molecule is c1ccc(C2(c3ccccc3)c3ccccc3Oc3c2ccc2c4ccc(Oc5cccc(-c6ccccn6)c5)cc4n(-c4ccccn4)c32)cc1. The van der Waals surface area contributed by atoms with E-state index in [4.69, 9.17) is 14.5 Å². The molecule has 4 heterocycles. The Morgan fingerprint density at radius 2 is 1.21 bits per heavy atom. The fourth-order valence-corrected chi connectivity index (χ4v) is 7.92. The van der Waals surface area contributed by atoms with Crippen LogP contribution in [0.3, 0.4) is 0 Å². The van der Waals surface area contributed by atoms with Crippen molar-refractivity contribution in [2.75, 3.05) is 0 Å². The van der Waals surface area contributed by atoms with Gasteiger partial charge in [0, 0.05) is 45.9 Å². The monoisotopic (exact) mass is 669 g/mol. The maximum atomic E-state index is 7.08. The molecule has 0 atom stereocenters. The lowest BCUT2D eigenvalue weighted by atomic mass is 9.63. The minimum absolute atomic E-state index is 0.640. The van der Waals surface area contributed by atoms with Gasteiger partial charge in [-0.1, -0.05) is 115 Å². The lowest BCUT2D eigenvalue weighted by Crippen LogP contribution is -2.34. The summed E-state index contributed by atoms with van der Waals surface area (Å²) in [6.07, 6.45) is 3.64. The third-order valence-corrected chi connectivity index (χ3v) is 10.1. The standard InChI is InChI=1S/C47H31N3O2/c1-3-15-33(16-4-1)47(34-17-5-2-6-18-34)39-20-7-8-22-43(39)52-46-40(47)27-26-38-37-25-24-36(31-42(37)50(45(38)46)44-23-10-12-29-49-44)51-35-19-13-14-32(30-35)41-21-9-11-28-48-41/h1-31H. The van der Waals surface area contributed by atoms with E-state index < -0.39 is 5.41 Å². The van der Waals surface area contributed by atoms with Gasteiger partial charge in [0.2, 0.25) is 0 Å². The zero-order valence-corrected chi connectivity index (χ0v) is 28.1. The summed E-state index contributed by atoms with van der Waals surface area (Å²) in [6, 6.07) is 60.7. The molecule has 1 aliphatic heterocycles. The Bertz CT molecular complexity index is 2690. The molecule has 10 rings (SSSR count). The third-order valence-electron chi connectivity index (χ3n) is 10.1. The van der Waals surface area contributed by atoms with E-state index in [-0.39, 0.29) is 0 Å². The summed E-state index contributed by atoms with van der Waals surface area (Å²) in [6.45, 7) is 0. The van der Waals surface area contributed by atoms with Crippen molar-refractivity contribution in [1.82, 2.24) is 14.5 Å². The van der Waals surface area contributed by atoms with Gasteiger partial charge >= 0.3 is 0 Å². The van der Waals surface area contributed by atoms with E-state index >= 15 is 0 Å². The molecule has 5 heteroatoms. The van der Waals surface area contributed by atoms with E-state index in [0.717, 1.165) is 67.3 Å². The Labute approximate surface area is 301 Å². The molecular formula is C47H31N3O2. The average Bonchev–Trinajstić information content (AvgIpc) is 3.55. The molecule has 246 valence electrons. The highest BCUT2D eigenvalue weighted by Gasteiger charge is 2.46. The van der Waals surface area contributed by atoms with Gasteiger partial charge in [-0.15, -0.1) is 0 Å². The van der Waals surface area contributed by atoms with Gasteiger partial charge in [0.05, 0.1) is 22.1 Å². The van der Waals surface area contributed by atoms with E-state index in [0.29, 0.717) is 5.75 Å². The number of para-hydroxylation sites is 1. The first-order valence-electron chi connectivity index (χ1n) is 17.4. The van der Waals surface area contributed by atoms with Gasteiger partial charge in [0.25, 0.3) is 0 Å². The fourth-order valence-electron chi connectivity index (χ4n) is 7.92. The molecule has 6 aromatic carbocycles. The van der Waals surface area contributed by atoms with E-state index in [9.17, 15) is 0 Å². The third kappa shape index (κ3) is 4.63. The molecular weight excluding hydrogens is 639 g/mol. The Morgan fingerprint density at radius 3 is 1.96 bits per heavy atom. The molecule has 0 aliphatic carbocycles. The number of nitrogens with zero attached hydrogens (tertiary/aromatic N) is 3. The van der Waals surface area contributed by atoms with Gasteiger partial charge < -0.3 is 9.47 Å². The average molecular weight is 670 g/mol. The Balaban J connectivity index is 1.24. The first kappa shape index (κ1) is 29.9. The molecule has 52 heavy (non-hydrogen) atoms. The highest BCUT2D eigenvalue weighted by atomic mass is 16.5. The van der Waals surface area contributed by atoms with Crippen molar-refractivity contribution in [2.45, 2.75) is 5.41 Å². The fraction of sp³-hybridized carbons (Fsp3) is 0.0213. The van der Waals surface area contributed by atoms with Crippen LogP contribution in [-0.2, 0) is 5.41 Å². The van der Waals surface area contributed by atoms with Crippen molar-refractivity contribution >= 4 is 21.8 Å². The Kier molecular flexibility index (Phi) is 6.96. The zero-order chi connectivity index (χ0) is 34.5. The summed E-state index contributed by atoms with van der Waals surface area (Å²) in [5.74, 6) is 3.86. The molecule has 0 fully saturated rings. The Morgan fingerprint density at radius 1 is 0.519 bits per heavy atom. The van der Waals surface area contributed by atoms with Crippen LogP contribution in [0.4, 0.5) is 0 Å². The highest BCUT2D eigenvalue weighted by Crippen LogP contribution is 2.57. The molecule has 0 radical (unpaired) electrons. The molecule has 0 saturated carbocycles. The summed E-state index contributed by atoms with van der Waals surface area (Å²) >= 11 is 0. The second kappa shape index (κ2) is 12.1. The van der Waals surface area contributed by atoms with Gasteiger partial charge in [0.15, 0.2) is 5.75 Å². The second-order valence-corrected chi connectivity index (χ2v) is 13.0. The van der Waals surface area contributed by atoms with Crippen molar-refractivity contribution in [3.63, 3.8) is 0 Å².